The fraction of sp³-hybridized carbons (Fsp3) is 0.583. The molecule has 19 heavy (non-hydrogen) atoms. The van der Waals surface area contributed by atoms with Gasteiger partial charge in [-0.25, -0.2) is 14.8 Å². The van der Waals surface area contributed by atoms with Crippen molar-refractivity contribution >= 4 is 12.0 Å². The Morgan fingerprint density at radius 2 is 2.42 bits per heavy atom. The molecule has 7 nitrogen and oxygen atoms in total. The Bertz CT molecular complexity index is 462. The van der Waals surface area contributed by atoms with Crippen LogP contribution in [0.15, 0.2) is 6.20 Å². The normalized spacial score (nSPS) is 15.8. The van der Waals surface area contributed by atoms with Gasteiger partial charge in [0.1, 0.15) is 0 Å². The Morgan fingerprint density at radius 1 is 1.63 bits per heavy atom. The van der Waals surface area contributed by atoms with E-state index in [-0.39, 0.29) is 19.2 Å². The smallest absolute Gasteiger partial charge is 0.407 e. The van der Waals surface area contributed by atoms with Crippen molar-refractivity contribution in [3.8, 4) is 0 Å². The Labute approximate surface area is 111 Å². The van der Waals surface area contributed by atoms with Gasteiger partial charge in [0.15, 0.2) is 0 Å². The Kier molecular flexibility index (Phi) is 4.16. The maximum Gasteiger partial charge on any atom is 0.407 e. The number of nitrogens with zero attached hydrogens (tertiary/aromatic N) is 3. The second-order valence-electron chi connectivity index (χ2n) is 4.55. The molecule has 1 aromatic rings. The van der Waals surface area contributed by atoms with Crippen molar-refractivity contribution in [2.45, 2.75) is 32.4 Å². The molecule has 0 aromatic carbocycles. The van der Waals surface area contributed by atoms with Gasteiger partial charge < -0.3 is 20.4 Å². The molecule has 3 N–H and O–H groups in total. The molecule has 2 heterocycles. The lowest BCUT2D eigenvalue weighted by atomic mass is 10.1. The van der Waals surface area contributed by atoms with Crippen molar-refractivity contribution in [1.29, 1.82) is 0 Å². The minimum absolute atomic E-state index is 0.0121. The highest BCUT2D eigenvalue weighted by Gasteiger charge is 2.22. The number of amides is 1. The second-order valence-corrected chi connectivity index (χ2v) is 4.55. The molecular formula is C12H18N4O3. The zero-order chi connectivity index (χ0) is 13.8. The fourth-order valence-corrected chi connectivity index (χ4v) is 2.00. The number of hydrogen-bond acceptors (Lipinski definition) is 5. The first-order valence-corrected chi connectivity index (χ1v) is 6.34. The molecule has 0 bridgehead atoms. The van der Waals surface area contributed by atoms with Crippen molar-refractivity contribution in [2.24, 2.45) is 0 Å². The molecule has 2 rings (SSSR count). The molecule has 104 valence electrons. The van der Waals surface area contributed by atoms with Gasteiger partial charge in [-0.3, -0.25) is 0 Å². The lowest BCUT2D eigenvalue weighted by Gasteiger charge is -2.25. The molecule has 1 atom stereocenters. The van der Waals surface area contributed by atoms with E-state index >= 15 is 0 Å². The van der Waals surface area contributed by atoms with Crippen molar-refractivity contribution in [2.75, 3.05) is 18.5 Å². The molecule has 0 saturated heterocycles. The van der Waals surface area contributed by atoms with Crippen LogP contribution in [-0.4, -0.2) is 50.4 Å². The number of aliphatic hydroxyl groups excluding tert-OH is 1. The highest BCUT2D eigenvalue weighted by molar-refractivity contribution is 5.65. The number of aliphatic hydroxyl groups is 1. The van der Waals surface area contributed by atoms with Gasteiger partial charge in [0.2, 0.25) is 5.95 Å². The highest BCUT2D eigenvalue weighted by Crippen LogP contribution is 2.18. The monoisotopic (exact) mass is 266 g/mol. The predicted octanol–water partition coefficient (Wildman–Crippen LogP) is 0.696. The van der Waals surface area contributed by atoms with E-state index < -0.39 is 6.09 Å². The summed E-state index contributed by atoms with van der Waals surface area (Å²) in [4.78, 5) is 20.8. The zero-order valence-electron chi connectivity index (χ0n) is 10.8. The second kappa shape index (κ2) is 5.83. The summed E-state index contributed by atoms with van der Waals surface area (Å²) < 4.78 is 0. The minimum Gasteiger partial charge on any atom is -0.465 e. The minimum atomic E-state index is -0.930. The van der Waals surface area contributed by atoms with Crippen molar-refractivity contribution in [3.05, 3.63) is 17.5 Å². The molecule has 1 aliphatic rings. The first-order valence-electron chi connectivity index (χ1n) is 6.34. The van der Waals surface area contributed by atoms with Crippen LogP contribution in [0.25, 0.3) is 0 Å². The van der Waals surface area contributed by atoms with Crippen LogP contribution in [0.1, 0.15) is 24.6 Å². The molecule has 0 radical (unpaired) electrons. The molecule has 0 spiro atoms. The molecular weight excluding hydrogens is 248 g/mol. The van der Waals surface area contributed by atoms with Crippen LogP contribution in [0, 0.1) is 0 Å². The lowest BCUT2D eigenvalue weighted by Crippen LogP contribution is -2.35. The van der Waals surface area contributed by atoms with E-state index in [9.17, 15) is 4.79 Å². The summed E-state index contributed by atoms with van der Waals surface area (Å²) in [7, 11) is 0. The average Bonchev–Trinajstić information content (AvgIpc) is 2.43. The third-order valence-electron chi connectivity index (χ3n) is 3.26. The van der Waals surface area contributed by atoms with E-state index in [1.165, 1.54) is 4.90 Å². The summed E-state index contributed by atoms with van der Waals surface area (Å²) in [6.07, 6.45) is 2.20. The molecule has 0 saturated carbocycles. The predicted molar refractivity (Wildman–Crippen MR) is 69.0 cm³/mol. The summed E-state index contributed by atoms with van der Waals surface area (Å²) in [5.41, 5.74) is 1.72. The largest absolute Gasteiger partial charge is 0.465 e. The number of carbonyl (C=O) groups is 1. The van der Waals surface area contributed by atoms with Gasteiger partial charge in [-0.15, -0.1) is 0 Å². The van der Waals surface area contributed by atoms with Gasteiger partial charge in [-0.1, -0.05) is 6.92 Å². The van der Waals surface area contributed by atoms with Gasteiger partial charge in [0.05, 0.1) is 24.9 Å². The van der Waals surface area contributed by atoms with Gasteiger partial charge in [0.25, 0.3) is 0 Å². The number of anilines is 1. The number of aromatic nitrogens is 2. The molecule has 0 fully saturated rings. The molecule has 0 unspecified atom stereocenters. The SMILES string of the molecule is CC[C@@H](CO)Nc1ncc2c(n1)CN(C(=O)O)CC2. The van der Waals surface area contributed by atoms with Crippen LogP contribution in [0.3, 0.4) is 0 Å². The van der Waals surface area contributed by atoms with Gasteiger partial charge in [-0.2, -0.15) is 0 Å². The average molecular weight is 266 g/mol. The van der Waals surface area contributed by atoms with E-state index in [1.54, 1.807) is 6.20 Å². The maximum atomic E-state index is 11.0. The topological polar surface area (TPSA) is 98.6 Å². The van der Waals surface area contributed by atoms with Crippen LogP contribution in [-0.2, 0) is 13.0 Å². The van der Waals surface area contributed by atoms with E-state index in [0.717, 1.165) is 17.7 Å². The number of carboxylic acid groups (broad SMARTS) is 1. The fourth-order valence-electron chi connectivity index (χ4n) is 2.00. The Balaban J connectivity index is 2.14. The Morgan fingerprint density at radius 3 is 3.05 bits per heavy atom. The number of nitrogens with one attached hydrogen (secondary N) is 1. The standard InChI is InChI=1S/C12H18N4O3/c1-2-9(7-17)14-11-13-5-8-3-4-16(12(18)19)6-10(8)15-11/h5,9,17H,2-4,6-7H2,1H3,(H,18,19)(H,13,14,15)/t9-/m0/s1. The van der Waals surface area contributed by atoms with Crippen LogP contribution in [0.4, 0.5) is 10.7 Å². The van der Waals surface area contributed by atoms with Crippen LogP contribution in [0.5, 0.6) is 0 Å². The summed E-state index contributed by atoms with van der Waals surface area (Å²) in [5, 5.41) is 21.2. The summed E-state index contributed by atoms with van der Waals surface area (Å²) >= 11 is 0. The van der Waals surface area contributed by atoms with Crippen molar-refractivity contribution in [3.63, 3.8) is 0 Å². The van der Waals surface area contributed by atoms with E-state index in [2.05, 4.69) is 15.3 Å². The van der Waals surface area contributed by atoms with Gasteiger partial charge in [-0.05, 0) is 18.4 Å². The highest BCUT2D eigenvalue weighted by atomic mass is 16.4. The quantitative estimate of drug-likeness (QED) is 0.742. The van der Waals surface area contributed by atoms with Crippen LogP contribution in [0.2, 0.25) is 0 Å². The third kappa shape index (κ3) is 3.11. The third-order valence-corrected chi connectivity index (χ3v) is 3.26. The molecule has 7 heteroatoms. The zero-order valence-corrected chi connectivity index (χ0v) is 10.8. The molecule has 1 aromatic heterocycles. The summed E-state index contributed by atoms with van der Waals surface area (Å²) in [6, 6.07) is -0.0859. The van der Waals surface area contributed by atoms with E-state index in [1.807, 2.05) is 6.92 Å². The van der Waals surface area contributed by atoms with Crippen LogP contribution >= 0.6 is 0 Å². The number of rotatable bonds is 4. The van der Waals surface area contributed by atoms with Crippen molar-refractivity contribution in [1.82, 2.24) is 14.9 Å². The number of fused-ring (bicyclic) bond motifs is 1. The van der Waals surface area contributed by atoms with Crippen molar-refractivity contribution < 1.29 is 15.0 Å². The first-order chi connectivity index (χ1) is 9.13. The molecule has 1 aliphatic heterocycles. The van der Waals surface area contributed by atoms with E-state index in [0.29, 0.717) is 18.9 Å². The van der Waals surface area contributed by atoms with Gasteiger partial charge >= 0.3 is 6.09 Å². The lowest BCUT2D eigenvalue weighted by molar-refractivity contribution is 0.139. The first kappa shape index (κ1) is 13.5. The van der Waals surface area contributed by atoms with Gasteiger partial charge in [0, 0.05) is 12.7 Å². The van der Waals surface area contributed by atoms with Crippen LogP contribution < -0.4 is 5.32 Å². The maximum absolute atomic E-state index is 11.0. The molecule has 1 amide bonds. The molecule has 0 aliphatic carbocycles. The Hall–Kier alpha value is -1.89. The summed E-state index contributed by atoms with van der Waals surface area (Å²) in [5.74, 6) is 0.437. The number of hydrogen-bond donors (Lipinski definition) is 3. The van der Waals surface area contributed by atoms with E-state index in [4.69, 9.17) is 10.2 Å². The summed E-state index contributed by atoms with van der Waals surface area (Å²) in [6.45, 7) is 2.74.